The van der Waals surface area contributed by atoms with Gasteiger partial charge in [0.1, 0.15) is 0 Å². The van der Waals surface area contributed by atoms with Crippen LogP contribution in [-0.2, 0) is 37.0 Å². The van der Waals surface area contributed by atoms with Crippen molar-refractivity contribution in [3.05, 3.63) is 194 Å². The predicted octanol–water partition coefficient (Wildman–Crippen LogP) is 5.05. The first kappa shape index (κ1) is 39.5. The molecule has 6 aromatic rings. The van der Waals surface area contributed by atoms with Crippen LogP contribution >= 0.6 is 0 Å². The minimum Gasteiger partial charge on any atom is -1.00 e. The Morgan fingerprint density at radius 3 is 1.75 bits per heavy atom. The summed E-state index contributed by atoms with van der Waals surface area (Å²) in [6.45, 7) is 14.0. The summed E-state index contributed by atoms with van der Waals surface area (Å²) in [4.78, 5) is 0. The van der Waals surface area contributed by atoms with Crippen molar-refractivity contribution in [2.45, 2.75) is 58.3 Å². The van der Waals surface area contributed by atoms with Crippen LogP contribution in [0.5, 0.6) is 0 Å². The summed E-state index contributed by atoms with van der Waals surface area (Å²) in [5.74, 6) is 0.111. The molecule has 52 heavy (non-hydrogen) atoms. The number of halogens is 2. The van der Waals surface area contributed by atoms with Crippen molar-refractivity contribution in [1.29, 1.82) is 0 Å². The van der Waals surface area contributed by atoms with Crippen LogP contribution in [0, 0.1) is 0 Å². The molecule has 3 heteroatoms. The molecule has 0 aliphatic heterocycles. The zero-order chi connectivity index (χ0) is 33.9. The molecule has 0 bridgehead atoms. The van der Waals surface area contributed by atoms with Crippen molar-refractivity contribution in [3.8, 4) is 22.3 Å². The number of benzene rings is 6. The maximum absolute atomic E-state index is 4.02. The molecule has 6 aromatic carbocycles. The molecule has 0 fully saturated rings. The van der Waals surface area contributed by atoms with E-state index >= 15 is 0 Å². The monoisotopic (exact) mass is 791 g/mol. The minimum atomic E-state index is -0.151. The standard InChI is InChI=1S/C49H43.2ClH.Zr/c1-48(2,3)38-24-27-40-37(29-38)30-43-42(40)31-44(45(33-18-12-8-13-19-33)34-20-14-9-15-21-34)47(49(4,5)6)46(43)41-26-23-36-28-35(22-25-39(36)41)32-16-10-7-11-17-32;;;/h7-29,31,41H,1-6H3;2*1H;/q-1;;;+3/p-2. The normalized spacial score (nSPS) is 13.8. The van der Waals surface area contributed by atoms with E-state index in [4.69, 9.17) is 0 Å². The topological polar surface area (TPSA) is 0 Å². The predicted molar refractivity (Wildman–Crippen MR) is 208 cm³/mol. The van der Waals surface area contributed by atoms with Gasteiger partial charge in [0, 0.05) is 5.92 Å². The van der Waals surface area contributed by atoms with E-state index in [1.807, 2.05) is 0 Å². The fourth-order valence-electron chi connectivity index (χ4n) is 7.91. The third-order valence-corrected chi connectivity index (χ3v) is 10.3. The molecule has 0 aromatic heterocycles. The van der Waals surface area contributed by atoms with Crippen LogP contribution in [0.4, 0.5) is 0 Å². The Hall–Kier alpha value is -3.74. The van der Waals surface area contributed by atoms with Gasteiger partial charge in [-0.2, -0.15) is 0 Å². The van der Waals surface area contributed by atoms with Crippen molar-refractivity contribution >= 4 is 17.7 Å². The smallest absolute Gasteiger partial charge is 1.00 e. The first-order valence-corrected chi connectivity index (χ1v) is 17.6. The van der Waals surface area contributed by atoms with E-state index in [9.17, 15) is 0 Å². The van der Waals surface area contributed by atoms with Crippen molar-refractivity contribution < 1.29 is 51.0 Å². The third kappa shape index (κ3) is 7.13. The number of hydrogen-bond acceptors (Lipinski definition) is 0. The molecule has 0 heterocycles. The van der Waals surface area contributed by atoms with Gasteiger partial charge in [0.15, 0.2) is 0 Å². The number of fused-ring (bicyclic) bond motifs is 4. The molecular weight excluding hydrogens is 751 g/mol. The van der Waals surface area contributed by atoms with Crippen LogP contribution in [-0.4, -0.2) is 0 Å². The fraction of sp³-hybridized carbons (Fsp3) is 0.184. The quantitative estimate of drug-likeness (QED) is 0.219. The summed E-state index contributed by atoms with van der Waals surface area (Å²) in [5.41, 5.74) is 16.6. The van der Waals surface area contributed by atoms with E-state index in [-0.39, 0.29) is 67.8 Å². The Morgan fingerprint density at radius 1 is 0.577 bits per heavy atom. The molecule has 1 unspecified atom stereocenters. The Balaban J connectivity index is 0.00000174. The number of allylic oxidation sites excluding steroid dienone is 1. The van der Waals surface area contributed by atoms with Crippen molar-refractivity contribution in [2.24, 2.45) is 0 Å². The van der Waals surface area contributed by atoms with Crippen LogP contribution in [0.25, 0.3) is 40.0 Å². The molecule has 1 radical (unpaired) electrons. The van der Waals surface area contributed by atoms with Crippen molar-refractivity contribution in [2.75, 3.05) is 0 Å². The first-order valence-electron chi connectivity index (χ1n) is 17.6. The maximum atomic E-state index is 4.02. The van der Waals surface area contributed by atoms with Crippen LogP contribution in [0.3, 0.4) is 0 Å². The van der Waals surface area contributed by atoms with Gasteiger partial charge in [-0.15, -0.1) is 34.1 Å². The van der Waals surface area contributed by atoms with Gasteiger partial charge in [0.05, 0.1) is 0 Å². The van der Waals surface area contributed by atoms with Gasteiger partial charge in [-0.3, -0.25) is 0 Å². The molecule has 0 saturated heterocycles. The van der Waals surface area contributed by atoms with Gasteiger partial charge in [-0.25, -0.2) is 0 Å². The van der Waals surface area contributed by atoms with Gasteiger partial charge in [0.25, 0.3) is 0 Å². The van der Waals surface area contributed by atoms with Gasteiger partial charge in [-0.1, -0.05) is 192 Å². The second-order valence-corrected chi connectivity index (χ2v) is 15.7. The Bertz CT molecular complexity index is 2340. The van der Waals surface area contributed by atoms with E-state index in [1.165, 1.54) is 82.8 Å². The van der Waals surface area contributed by atoms with E-state index in [2.05, 4.69) is 193 Å². The maximum Gasteiger partial charge on any atom is 3.00 e. The average Bonchev–Trinajstić information content (AvgIpc) is 3.69. The summed E-state index contributed by atoms with van der Waals surface area (Å²) in [6, 6.07) is 49.2. The van der Waals surface area contributed by atoms with E-state index in [0.29, 0.717) is 0 Å². The van der Waals surface area contributed by atoms with Crippen LogP contribution < -0.4 is 35.3 Å². The minimum absolute atomic E-state index is 0. The van der Waals surface area contributed by atoms with Gasteiger partial charge < -0.3 is 24.8 Å². The molecule has 2 aliphatic rings. The fourth-order valence-corrected chi connectivity index (χ4v) is 7.91. The first-order chi connectivity index (χ1) is 23.6. The second-order valence-electron chi connectivity index (χ2n) is 15.7. The van der Waals surface area contributed by atoms with Gasteiger partial charge >= 0.3 is 26.2 Å². The Morgan fingerprint density at radius 2 is 1.17 bits per heavy atom. The van der Waals surface area contributed by atoms with Gasteiger partial charge in [0.2, 0.25) is 0 Å². The summed E-state index contributed by atoms with van der Waals surface area (Å²) >= 11 is 0. The molecule has 2 aliphatic carbocycles. The zero-order valence-corrected chi connectivity index (χ0v) is 34.7. The van der Waals surface area contributed by atoms with E-state index in [1.54, 1.807) is 0 Å². The Kier molecular flexibility index (Phi) is 11.6. The zero-order valence-electron chi connectivity index (χ0n) is 30.7. The van der Waals surface area contributed by atoms with Crippen LogP contribution in [0.15, 0.2) is 140 Å². The summed E-state index contributed by atoms with van der Waals surface area (Å²) in [5, 5.41) is 2.54. The van der Waals surface area contributed by atoms with Crippen molar-refractivity contribution in [3.63, 3.8) is 0 Å². The molecular formula is C49H43Cl2Zr. The van der Waals surface area contributed by atoms with E-state index < -0.39 is 0 Å². The second kappa shape index (κ2) is 15.3. The summed E-state index contributed by atoms with van der Waals surface area (Å²) in [6.07, 6.45) is 8.80. The van der Waals surface area contributed by atoms with E-state index in [0.717, 1.165) is 0 Å². The van der Waals surface area contributed by atoms with Crippen molar-refractivity contribution in [1.82, 2.24) is 0 Å². The summed E-state index contributed by atoms with van der Waals surface area (Å²) in [7, 11) is 0. The molecule has 0 nitrogen and oxygen atoms in total. The molecule has 0 amide bonds. The number of hydrogen-bond donors (Lipinski definition) is 0. The molecule has 257 valence electrons. The summed E-state index contributed by atoms with van der Waals surface area (Å²) < 4.78 is 0. The molecule has 0 saturated carbocycles. The molecule has 0 spiro atoms. The average molecular weight is 794 g/mol. The van der Waals surface area contributed by atoms with Gasteiger partial charge in [-0.05, 0) is 61.1 Å². The largest absolute Gasteiger partial charge is 3.00 e. The van der Waals surface area contributed by atoms with Crippen LogP contribution in [0.1, 0.15) is 92.0 Å². The molecule has 1 atom stereocenters. The van der Waals surface area contributed by atoms with Crippen LogP contribution in [0.2, 0.25) is 0 Å². The third-order valence-electron chi connectivity index (χ3n) is 10.3. The SMILES string of the molecule is CC(C)(C)c1ccc2c(c1)[C-]=c1c-2cc(=C(c2ccccc2)c2ccccc2)c(C(C)(C)C)c1C1C=Cc2cc(-c3ccccc3)ccc21.[Cl-].[Cl-].[Zr+3]. The Labute approximate surface area is 341 Å². The molecule has 0 N–H and O–H groups in total. The number of rotatable bonds is 4. The molecule has 8 rings (SSSR count).